The number of hydrogen-bond donors (Lipinski definition) is 2. The van der Waals surface area contributed by atoms with E-state index in [0.29, 0.717) is 0 Å². The number of nitrogens with one attached hydrogen (secondary N) is 1. The summed E-state index contributed by atoms with van der Waals surface area (Å²) in [5.74, 6) is -0.443. The van der Waals surface area contributed by atoms with Gasteiger partial charge in [0.2, 0.25) is 11.8 Å². The number of nitrogen functional groups attached to an aromatic ring is 1. The second-order valence-corrected chi connectivity index (χ2v) is 4.30. The van der Waals surface area contributed by atoms with Crippen molar-refractivity contribution in [1.29, 1.82) is 0 Å². The zero-order valence-corrected chi connectivity index (χ0v) is 10.0. The number of nitrogens with two attached hydrogens (primary N) is 1. The van der Waals surface area contributed by atoms with Crippen LogP contribution in [0.15, 0.2) is 6.07 Å². The molecule has 2 amide bonds. The van der Waals surface area contributed by atoms with Gasteiger partial charge in [-0.2, -0.15) is 0 Å². The molecule has 90 valence electrons. The van der Waals surface area contributed by atoms with Gasteiger partial charge in [0.05, 0.1) is 23.1 Å². The minimum absolute atomic E-state index is 0.000464. The van der Waals surface area contributed by atoms with Gasteiger partial charge in [-0.15, -0.1) is 0 Å². The predicted octanol–water partition coefficient (Wildman–Crippen LogP) is 0.433. The van der Waals surface area contributed by atoms with E-state index in [4.69, 9.17) is 28.9 Å². The van der Waals surface area contributed by atoms with Gasteiger partial charge in [0, 0.05) is 0 Å². The normalized spacial score (nSPS) is 16.0. The highest BCUT2D eigenvalue weighted by Crippen LogP contribution is 2.30. The van der Waals surface area contributed by atoms with Gasteiger partial charge in [-0.3, -0.25) is 14.9 Å². The number of carbonyl (C=O) groups excluding carboxylic acids is 2. The second kappa shape index (κ2) is 4.38. The first kappa shape index (κ1) is 11.9. The van der Waals surface area contributed by atoms with Gasteiger partial charge < -0.3 is 10.6 Å². The van der Waals surface area contributed by atoms with Gasteiger partial charge in [0.15, 0.2) is 5.82 Å². The minimum atomic E-state index is -0.410. The average molecular weight is 275 g/mol. The lowest BCUT2D eigenvalue weighted by molar-refractivity contribution is -0.130. The van der Waals surface area contributed by atoms with Crippen LogP contribution in [-0.4, -0.2) is 29.9 Å². The molecule has 1 aromatic heterocycles. The fourth-order valence-corrected chi connectivity index (χ4v) is 1.96. The van der Waals surface area contributed by atoms with E-state index in [9.17, 15) is 9.59 Å². The lowest BCUT2D eigenvalue weighted by atomic mass is 10.3. The molecule has 0 aliphatic carbocycles. The summed E-state index contributed by atoms with van der Waals surface area (Å²) in [5.41, 5.74) is 5.55. The third kappa shape index (κ3) is 2.42. The minimum Gasteiger partial charge on any atom is -0.382 e. The summed E-state index contributed by atoms with van der Waals surface area (Å²) in [7, 11) is 0. The van der Waals surface area contributed by atoms with E-state index in [1.807, 2.05) is 0 Å². The molecule has 8 heteroatoms. The first-order valence-corrected chi connectivity index (χ1v) is 5.42. The maximum Gasteiger partial charge on any atom is 0.246 e. The van der Waals surface area contributed by atoms with Crippen molar-refractivity contribution in [3.05, 3.63) is 16.1 Å². The van der Waals surface area contributed by atoms with Crippen LogP contribution in [0, 0.1) is 0 Å². The van der Waals surface area contributed by atoms with Crippen LogP contribution in [0.3, 0.4) is 0 Å². The third-order valence-electron chi connectivity index (χ3n) is 2.19. The van der Waals surface area contributed by atoms with Crippen molar-refractivity contribution in [1.82, 2.24) is 10.3 Å². The molecule has 17 heavy (non-hydrogen) atoms. The number of rotatable bonds is 1. The lowest BCUT2D eigenvalue weighted by Gasteiger charge is -2.27. The average Bonchev–Trinajstić information content (AvgIpc) is 2.22. The van der Waals surface area contributed by atoms with Crippen LogP contribution in [0.25, 0.3) is 0 Å². The lowest BCUT2D eigenvalue weighted by Crippen LogP contribution is -2.51. The Morgan fingerprint density at radius 2 is 1.82 bits per heavy atom. The molecule has 0 radical (unpaired) electrons. The van der Waals surface area contributed by atoms with Crippen LogP contribution in [0.5, 0.6) is 0 Å². The smallest absolute Gasteiger partial charge is 0.246 e. The molecule has 0 bridgehead atoms. The number of imide groups is 1. The SMILES string of the molecule is Nc1nc(N2CC(=O)NC(=O)C2)c(Cl)cc1Cl. The molecule has 1 aromatic rings. The number of pyridine rings is 1. The number of piperazine rings is 1. The molecule has 0 aromatic carbocycles. The number of halogens is 2. The first-order chi connectivity index (χ1) is 7.97. The molecule has 1 saturated heterocycles. The third-order valence-corrected chi connectivity index (χ3v) is 2.77. The highest BCUT2D eigenvalue weighted by atomic mass is 35.5. The summed E-state index contributed by atoms with van der Waals surface area (Å²) in [6, 6.07) is 1.43. The Morgan fingerprint density at radius 1 is 1.24 bits per heavy atom. The predicted molar refractivity (Wildman–Crippen MR) is 64.0 cm³/mol. The quantitative estimate of drug-likeness (QED) is 0.726. The number of carbonyl (C=O) groups is 2. The maximum atomic E-state index is 11.2. The van der Waals surface area contributed by atoms with Gasteiger partial charge in [-0.05, 0) is 6.07 Å². The van der Waals surface area contributed by atoms with Gasteiger partial charge in [-0.1, -0.05) is 23.2 Å². The Bertz CT molecular complexity index is 490. The number of anilines is 2. The molecule has 0 atom stereocenters. The molecular formula is C9H8Cl2N4O2. The van der Waals surface area contributed by atoms with Crippen LogP contribution in [0.2, 0.25) is 10.0 Å². The fraction of sp³-hybridized carbons (Fsp3) is 0.222. The molecule has 0 unspecified atom stereocenters. The first-order valence-electron chi connectivity index (χ1n) is 4.66. The molecule has 2 heterocycles. The summed E-state index contributed by atoms with van der Waals surface area (Å²) in [4.78, 5) is 27.9. The van der Waals surface area contributed by atoms with E-state index in [-0.39, 0.29) is 34.8 Å². The summed E-state index contributed by atoms with van der Waals surface area (Å²) >= 11 is 11.7. The molecule has 3 N–H and O–H groups in total. The van der Waals surface area contributed by atoms with Crippen LogP contribution >= 0.6 is 23.2 Å². The second-order valence-electron chi connectivity index (χ2n) is 3.49. The fourth-order valence-electron chi connectivity index (χ4n) is 1.48. The Hall–Kier alpha value is -1.53. The molecule has 0 spiro atoms. The number of hydrogen-bond acceptors (Lipinski definition) is 5. The molecule has 1 aliphatic heterocycles. The number of aromatic nitrogens is 1. The number of amides is 2. The van der Waals surface area contributed by atoms with Crippen molar-refractivity contribution in [2.24, 2.45) is 0 Å². The molecule has 6 nitrogen and oxygen atoms in total. The summed E-state index contributed by atoms with van der Waals surface area (Å²) in [6.45, 7) is -0.000928. The van der Waals surface area contributed by atoms with Crippen molar-refractivity contribution in [3.63, 3.8) is 0 Å². The Kier molecular flexibility index (Phi) is 3.08. The summed E-state index contributed by atoms with van der Waals surface area (Å²) < 4.78 is 0. The van der Waals surface area contributed by atoms with E-state index >= 15 is 0 Å². The Morgan fingerprint density at radius 3 is 2.41 bits per heavy atom. The summed E-state index contributed by atoms with van der Waals surface area (Å²) in [5, 5.41) is 2.65. The van der Waals surface area contributed by atoms with E-state index in [0.717, 1.165) is 0 Å². The highest BCUT2D eigenvalue weighted by Gasteiger charge is 2.25. The maximum absolute atomic E-state index is 11.2. The van der Waals surface area contributed by atoms with E-state index < -0.39 is 11.8 Å². The van der Waals surface area contributed by atoms with Crippen molar-refractivity contribution in [2.45, 2.75) is 0 Å². The largest absolute Gasteiger partial charge is 0.382 e. The molecule has 0 saturated carbocycles. The molecule has 1 fully saturated rings. The Labute approximate surface area is 107 Å². The molecular weight excluding hydrogens is 267 g/mol. The zero-order chi connectivity index (χ0) is 12.6. The van der Waals surface area contributed by atoms with Crippen molar-refractivity contribution >= 4 is 46.7 Å². The van der Waals surface area contributed by atoms with E-state index in [2.05, 4.69) is 10.3 Å². The zero-order valence-electron chi connectivity index (χ0n) is 8.54. The van der Waals surface area contributed by atoms with Crippen LogP contribution in [0.1, 0.15) is 0 Å². The monoisotopic (exact) mass is 274 g/mol. The van der Waals surface area contributed by atoms with Crippen LogP contribution in [-0.2, 0) is 9.59 Å². The topological polar surface area (TPSA) is 88.3 Å². The van der Waals surface area contributed by atoms with Gasteiger partial charge in [-0.25, -0.2) is 4.98 Å². The van der Waals surface area contributed by atoms with Crippen LogP contribution < -0.4 is 16.0 Å². The van der Waals surface area contributed by atoms with E-state index in [1.165, 1.54) is 11.0 Å². The highest BCUT2D eigenvalue weighted by molar-refractivity contribution is 6.37. The van der Waals surface area contributed by atoms with E-state index in [1.54, 1.807) is 0 Å². The molecule has 1 aliphatic rings. The van der Waals surface area contributed by atoms with Crippen molar-refractivity contribution in [2.75, 3.05) is 23.7 Å². The summed E-state index contributed by atoms with van der Waals surface area (Å²) in [6.07, 6.45) is 0. The standard InChI is InChI=1S/C9H8Cl2N4O2/c10-4-1-5(11)9(14-8(4)12)15-2-6(16)13-7(17)3-15/h1H,2-3H2,(H2,12,14)(H,13,16,17). The van der Waals surface area contributed by atoms with Crippen molar-refractivity contribution in [3.8, 4) is 0 Å². The van der Waals surface area contributed by atoms with Crippen LogP contribution in [0.4, 0.5) is 11.6 Å². The number of nitrogens with zero attached hydrogens (tertiary/aromatic N) is 2. The molecule has 2 rings (SSSR count). The van der Waals surface area contributed by atoms with Gasteiger partial charge in [0.1, 0.15) is 5.82 Å². The van der Waals surface area contributed by atoms with Crippen molar-refractivity contribution < 1.29 is 9.59 Å². The Balaban J connectivity index is 2.36. The van der Waals surface area contributed by atoms with Gasteiger partial charge >= 0.3 is 0 Å². The van der Waals surface area contributed by atoms with Gasteiger partial charge in [0.25, 0.3) is 0 Å².